The lowest BCUT2D eigenvalue weighted by Gasteiger charge is -2.35. The highest BCUT2D eigenvalue weighted by Crippen LogP contribution is 2.23. The normalized spacial score (nSPS) is 24.2. The van der Waals surface area contributed by atoms with Gasteiger partial charge in [-0.15, -0.1) is 11.3 Å². The number of carbonyl (C=O) groups is 1. The van der Waals surface area contributed by atoms with Gasteiger partial charge in [0.15, 0.2) is 0 Å². The summed E-state index contributed by atoms with van der Waals surface area (Å²) >= 11 is 7.60. The van der Waals surface area contributed by atoms with Crippen LogP contribution in [0, 0.1) is 0 Å². The molecule has 6 heteroatoms. The molecule has 1 aromatic heterocycles. The van der Waals surface area contributed by atoms with Crippen molar-refractivity contribution in [3.8, 4) is 0 Å². The van der Waals surface area contributed by atoms with Crippen molar-refractivity contribution in [3.05, 3.63) is 21.3 Å². The first-order valence-corrected chi connectivity index (χ1v) is 8.40. The highest BCUT2D eigenvalue weighted by atomic mass is 35.5. The van der Waals surface area contributed by atoms with Crippen LogP contribution in [0.25, 0.3) is 0 Å². The molecule has 0 saturated carbocycles. The van der Waals surface area contributed by atoms with Crippen LogP contribution < -0.4 is 5.32 Å². The number of nitrogens with one attached hydrogen (secondary N) is 1. The predicted octanol–water partition coefficient (Wildman–Crippen LogP) is 1.80. The van der Waals surface area contributed by atoms with Crippen molar-refractivity contribution < 1.29 is 4.79 Å². The predicted molar refractivity (Wildman–Crippen MR) is 82.2 cm³/mol. The number of hydrogen-bond acceptors (Lipinski definition) is 4. The van der Waals surface area contributed by atoms with E-state index in [2.05, 4.69) is 16.3 Å². The Bertz CT molecular complexity index is 465. The van der Waals surface area contributed by atoms with E-state index < -0.39 is 0 Å². The van der Waals surface area contributed by atoms with Crippen molar-refractivity contribution in [1.82, 2.24) is 15.1 Å². The fraction of sp³-hybridized carbons (Fsp3) is 0.643. The molecule has 3 heterocycles. The van der Waals surface area contributed by atoms with Crippen LogP contribution >= 0.6 is 22.9 Å². The largest absolute Gasteiger partial charge is 0.339 e. The van der Waals surface area contributed by atoms with Crippen LogP contribution in [0.15, 0.2) is 12.1 Å². The molecule has 3 rings (SSSR count). The summed E-state index contributed by atoms with van der Waals surface area (Å²) in [5.74, 6) is 0.293. The van der Waals surface area contributed by atoms with Gasteiger partial charge in [-0.1, -0.05) is 11.6 Å². The Kier molecular flexibility index (Phi) is 4.61. The lowest BCUT2D eigenvalue weighted by atomic mass is 10.2. The van der Waals surface area contributed by atoms with Crippen LogP contribution in [-0.2, 0) is 11.3 Å². The maximum absolute atomic E-state index is 12.3. The molecule has 0 unspecified atom stereocenters. The van der Waals surface area contributed by atoms with Crippen molar-refractivity contribution in [2.45, 2.75) is 25.4 Å². The second kappa shape index (κ2) is 6.43. The van der Waals surface area contributed by atoms with Crippen LogP contribution in [0.5, 0.6) is 0 Å². The number of carbonyl (C=O) groups excluding carboxylic acids is 1. The number of hydrogen-bond donors (Lipinski definition) is 1. The van der Waals surface area contributed by atoms with Gasteiger partial charge in [-0.25, -0.2) is 0 Å². The number of halogens is 1. The highest BCUT2D eigenvalue weighted by Gasteiger charge is 2.29. The van der Waals surface area contributed by atoms with Crippen molar-refractivity contribution >= 4 is 28.8 Å². The fourth-order valence-electron chi connectivity index (χ4n) is 2.90. The first kappa shape index (κ1) is 14.3. The zero-order valence-electron chi connectivity index (χ0n) is 11.5. The van der Waals surface area contributed by atoms with Gasteiger partial charge in [0.1, 0.15) is 0 Å². The monoisotopic (exact) mass is 313 g/mol. The minimum atomic E-state index is 0.0673. The molecule has 110 valence electrons. The maximum atomic E-state index is 12.3. The summed E-state index contributed by atoms with van der Waals surface area (Å²) in [7, 11) is 0. The van der Waals surface area contributed by atoms with E-state index in [4.69, 9.17) is 11.6 Å². The third-order valence-electron chi connectivity index (χ3n) is 4.05. The van der Waals surface area contributed by atoms with E-state index in [-0.39, 0.29) is 6.04 Å². The molecule has 4 nitrogen and oxygen atoms in total. The molecule has 1 amide bonds. The third kappa shape index (κ3) is 3.34. The molecule has 0 spiro atoms. The topological polar surface area (TPSA) is 35.6 Å². The van der Waals surface area contributed by atoms with Gasteiger partial charge in [0.05, 0.1) is 10.4 Å². The molecule has 2 aliphatic rings. The van der Waals surface area contributed by atoms with E-state index >= 15 is 0 Å². The molecule has 1 N–H and O–H groups in total. The molecule has 1 aromatic rings. The van der Waals surface area contributed by atoms with E-state index in [1.807, 2.05) is 11.0 Å². The molecule has 0 aliphatic carbocycles. The van der Waals surface area contributed by atoms with Gasteiger partial charge in [0, 0.05) is 37.6 Å². The number of amides is 1. The smallest absolute Gasteiger partial charge is 0.239 e. The van der Waals surface area contributed by atoms with Gasteiger partial charge in [0.25, 0.3) is 0 Å². The zero-order chi connectivity index (χ0) is 13.9. The Morgan fingerprint density at radius 2 is 2.15 bits per heavy atom. The quantitative estimate of drug-likeness (QED) is 0.924. The molecule has 2 aliphatic heterocycles. The highest BCUT2D eigenvalue weighted by molar-refractivity contribution is 7.16. The molecular formula is C14H20ClN3OS. The molecule has 1 atom stereocenters. The summed E-state index contributed by atoms with van der Waals surface area (Å²) in [5, 5.41) is 3.29. The van der Waals surface area contributed by atoms with Gasteiger partial charge < -0.3 is 10.2 Å². The van der Waals surface area contributed by atoms with E-state index in [0.717, 1.165) is 56.4 Å². The number of rotatable bonds is 3. The molecule has 0 radical (unpaired) electrons. The lowest BCUT2D eigenvalue weighted by Crippen LogP contribution is -2.52. The second-order valence-corrected chi connectivity index (χ2v) is 7.26. The Morgan fingerprint density at radius 1 is 1.35 bits per heavy atom. The van der Waals surface area contributed by atoms with E-state index in [1.54, 1.807) is 11.3 Å². The minimum Gasteiger partial charge on any atom is -0.339 e. The molecular weight excluding hydrogens is 294 g/mol. The lowest BCUT2D eigenvalue weighted by molar-refractivity contribution is -0.134. The van der Waals surface area contributed by atoms with Crippen molar-refractivity contribution in [2.24, 2.45) is 0 Å². The summed E-state index contributed by atoms with van der Waals surface area (Å²) in [5.41, 5.74) is 0. The zero-order valence-corrected chi connectivity index (χ0v) is 13.1. The summed E-state index contributed by atoms with van der Waals surface area (Å²) in [6, 6.07) is 4.11. The van der Waals surface area contributed by atoms with Gasteiger partial charge in [0.2, 0.25) is 5.91 Å². The van der Waals surface area contributed by atoms with E-state index in [9.17, 15) is 4.79 Å². The van der Waals surface area contributed by atoms with E-state index in [1.165, 1.54) is 4.88 Å². The minimum absolute atomic E-state index is 0.0673. The fourth-order valence-corrected chi connectivity index (χ4v) is 4.03. The number of thiophene rings is 1. The molecule has 0 aromatic carbocycles. The van der Waals surface area contributed by atoms with Gasteiger partial charge >= 0.3 is 0 Å². The third-order valence-corrected chi connectivity index (χ3v) is 5.27. The van der Waals surface area contributed by atoms with Crippen LogP contribution in [0.2, 0.25) is 4.34 Å². The van der Waals surface area contributed by atoms with Gasteiger partial charge in [-0.2, -0.15) is 0 Å². The number of nitrogens with zero attached hydrogens (tertiary/aromatic N) is 2. The summed E-state index contributed by atoms with van der Waals surface area (Å²) < 4.78 is 0.848. The van der Waals surface area contributed by atoms with Crippen LogP contribution in [0.3, 0.4) is 0 Å². The average Bonchev–Trinajstić information content (AvgIpc) is 3.11. The summed E-state index contributed by atoms with van der Waals surface area (Å²) in [6.07, 6.45) is 2.11. The van der Waals surface area contributed by atoms with Crippen LogP contribution in [0.1, 0.15) is 17.7 Å². The first-order valence-electron chi connectivity index (χ1n) is 7.21. The van der Waals surface area contributed by atoms with Crippen LogP contribution in [-0.4, -0.2) is 54.5 Å². The molecule has 0 bridgehead atoms. The molecule has 2 fully saturated rings. The Balaban J connectivity index is 1.48. The molecule has 2 saturated heterocycles. The van der Waals surface area contributed by atoms with Gasteiger partial charge in [-0.05, 0) is 31.5 Å². The summed E-state index contributed by atoms with van der Waals surface area (Å²) in [6.45, 7) is 5.52. The average molecular weight is 314 g/mol. The van der Waals surface area contributed by atoms with Crippen molar-refractivity contribution in [2.75, 3.05) is 32.7 Å². The van der Waals surface area contributed by atoms with Crippen LogP contribution in [0.4, 0.5) is 0 Å². The summed E-state index contributed by atoms with van der Waals surface area (Å²) in [4.78, 5) is 18.0. The Labute approximate surface area is 128 Å². The SMILES string of the molecule is O=C([C@@H]1CCCN1)N1CCN(Cc2ccc(Cl)s2)CC1. The van der Waals surface area contributed by atoms with Gasteiger partial charge in [-0.3, -0.25) is 9.69 Å². The Morgan fingerprint density at radius 3 is 2.75 bits per heavy atom. The molecule has 20 heavy (non-hydrogen) atoms. The van der Waals surface area contributed by atoms with E-state index in [0.29, 0.717) is 5.91 Å². The maximum Gasteiger partial charge on any atom is 0.239 e. The van der Waals surface area contributed by atoms with Crippen molar-refractivity contribution in [1.29, 1.82) is 0 Å². The van der Waals surface area contributed by atoms with Crippen molar-refractivity contribution in [3.63, 3.8) is 0 Å². The Hall–Kier alpha value is -0.620. The number of piperazine rings is 1. The second-order valence-electron chi connectivity index (χ2n) is 5.46. The first-order chi connectivity index (χ1) is 9.72. The standard InChI is InChI=1S/C14H20ClN3OS/c15-13-4-3-11(20-13)10-17-6-8-18(9-7-17)14(19)12-2-1-5-16-12/h3-4,12,16H,1-2,5-10H2/t12-/m0/s1.